The maximum Gasteiger partial charge on any atom is 0.102 e. The van der Waals surface area contributed by atoms with Crippen LogP contribution in [0.1, 0.15) is 0 Å². The molecule has 5 heavy (non-hydrogen) atoms. The Labute approximate surface area is 30.0 Å². The number of nitrogens with one attached hydrogen (secondary N) is 2. The highest BCUT2D eigenvalue weighted by atomic mass is 15.6. The monoisotopic (exact) mass is 70.0 g/mol. The quantitative estimate of drug-likeness (QED) is 0.382. The van der Waals surface area contributed by atoms with Gasteiger partial charge in [0.1, 0.15) is 6.21 Å². The molecule has 3 nitrogen and oxygen atoms in total. The molecule has 27 valence electrons. The van der Waals surface area contributed by atoms with Crippen LogP contribution < -0.4 is 11.0 Å². The number of hydrazine groups is 1. The summed E-state index contributed by atoms with van der Waals surface area (Å²) in [5.74, 6) is 0. The second-order valence-corrected chi connectivity index (χ2v) is 0.735. The minimum atomic E-state index is 0.722. The molecule has 2 N–H and O–H groups in total. The summed E-state index contributed by atoms with van der Waals surface area (Å²) in [4.78, 5) is 0. The van der Waals surface area contributed by atoms with Crippen LogP contribution in [-0.2, 0) is 0 Å². The molecule has 0 amide bonds. The van der Waals surface area contributed by atoms with Crippen LogP contribution in [0.4, 0.5) is 0 Å². The molecule has 0 unspecified atom stereocenters. The SMILES string of the molecule is [C]1=NNNC1. The molecule has 1 heterocycles. The Bertz CT molecular complexity index is 42.9. The lowest BCUT2D eigenvalue weighted by atomic mass is 10.8. The predicted molar refractivity (Wildman–Crippen MR) is 18.6 cm³/mol. The van der Waals surface area contributed by atoms with Crippen molar-refractivity contribution in [1.82, 2.24) is 11.0 Å². The van der Waals surface area contributed by atoms with Gasteiger partial charge in [-0.2, -0.15) is 5.10 Å². The van der Waals surface area contributed by atoms with E-state index in [1.54, 1.807) is 0 Å². The molecule has 1 aliphatic heterocycles. The number of hydrogen-bond acceptors (Lipinski definition) is 3. The number of rotatable bonds is 0. The average Bonchev–Trinajstić information content (AvgIpc) is 1.76. The molecular formula is C2H4N3. The van der Waals surface area contributed by atoms with E-state index in [0.717, 1.165) is 6.54 Å². The van der Waals surface area contributed by atoms with Gasteiger partial charge in [-0.3, -0.25) is 0 Å². The van der Waals surface area contributed by atoms with Gasteiger partial charge < -0.3 is 0 Å². The van der Waals surface area contributed by atoms with Gasteiger partial charge in [0, 0.05) is 0 Å². The molecule has 0 spiro atoms. The summed E-state index contributed by atoms with van der Waals surface area (Å²) in [7, 11) is 0. The summed E-state index contributed by atoms with van der Waals surface area (Å²) < 4.78 is 0. The van der Waals surface area contributed by atoms with Crippen molar-refractivity contribution in [2.75, 3.05) is 6.54 Å². The Morgan fingerprint density at radius 3 is 3.00 bits per heavy atom. The van der Waals surface area contributed by atoms with Crippen molar-refractivity contribution in [2.24, 2.45) is 5.10 Å². The van der Waals surface area contributed by atoms with E-state index < -0.39 is 0 Å². The summed E-state index contributed by atoms with van der Waals surface area (Å²) in [5, 5.41) is 3.47. The number of hydrazone groups is 1. The van der Waals surface area contributed by atoms with E-state index in [9.17, 15) is 0 Å². The molecule has 0 aromatic rings. The third kappa shape index (κ3) is 0.357. The Hall–Kier alpha value is -0.570. The van der Waals surface area contributed by atoms with E-state index >= 15 is 0 Å². The van der Waals surface area contributed by atoms with Crippen molar-refractivity contribution < 1.29 is 0 Å². The largest absolute Gasteiger partial charge is 0.242 e. The second kappa shape index (κ2) is 1.03. The fourth-order valence-corrected chi connectivity index (χ4v) is 0.198. The molecule has 1 rings (SSSR count). The Morgan fingerprint density at radius 1 is 1.80 bits per heavy atom. The van der Waals surface area contributed by atoms with Crippen molar-refractivity contribution in [3.8, 4) is 0 Å². The maximum atomic E-state index is 3.47. The molecule has 0 saturated carbocycles. The minimum absolute atomic E-state index is 0.722. The van der Waals surface area contributed by atoms with Crippen molar-refractivity contribution >= 4 is 6.21 Å². The molecule has 0 aromatic carbocycles. The van der Waals surface area contributed by atoms with Gasteiger partial charge in [0.2, 0.25) is 0 Å². The highest BCUT2D eigenvalue weighted by Crippen LogP contribution is 1.57. The van der Waals surface area contributed by atoms with Crippen molar-refractivity contribution in [3.63, 3.8) is 0 Å². The fourth-order valence-electron chi connectivity index (χ4n) is 0.198. The van der Waals surface area contributed by atoms with Gasteiger partial charge in [0.05, 0.1) is 6.54 Å². The standard InChI is InChI=1S/C2H4N3/c1-2-4-5-3-1/h3,5H,1H2. The van der Waals surface area contributed by atoms with Gasteiger partial charge in [-0.15, -0.1) is 0 Å². The molecule has 0 bridgehead atoms. The van der Waals surface area contributed by atoms with Crippen LogP contribution in [0, 0.1) is 0 Å². The first-order chi connectivity index (χ1) is 2.50. The first-order valence-corrected chi connectivity index (χ1v) is 1.40. The van der Waals surface area contributed by atoms with E-state index in [-0.39, 0.29) is 0 Å². The molecule has 1 aliphatic rings. The predicted octanol–water partition coefficient (Wildman–Crippen LogP) is -1.04. The van der Waals surface area contributed by atoms with Gasteiger partial charge >= 0.3 is 0 Å². The molecule has 3 heteroatoms. The zero-order chi connectivity index (χ0) is 3.54. The smallest absolute Gasteiger partial charge is 0.102 e. The fraction of sp³-hybridized carbons (Fsp3) is 0.500. The zero-order valence-electron chi connectivity index (χ0n) is 2.65. The van der Waals surface area contributed by atoms with E-state index in [0.29, 0.717) is 0 Å². The summed E-state index contributed by atoms with van der Waals surface area (Å²) in [6.07, 6.45) is 2.62. The Kier molecular flexibility index (Phi) is 0.548. The second-order valence-electron chi connectivity index (χ2n) is 0.735. The maximum absolute atomic E-state index is 3.47. The lowest BCUT2D eigenvalue weighted by molar-refractivity contribution is 0.653. The Balaban J connectivity index is 2.32. The summed E-state index contributed by atoms with van der Waals surface area (Å²) in [6.45, 7) is 0.722. The van der Waals surface area contributed by atoms with Gasteiger partial charge in [0.15, 0.2) is 0 Å². The number of hydrogen-bond donors (Lipinski definition) is 2. The van der Waals surface area contributed by atoms with Crippen LogP contribution in [0.15, 0.2) is 5.10 Å². The Morgan fingerprint density at radius 2 is 2.80 bits per heavy atom. The van der Waals surface area contributed by atoms with E-state index in [4.69, 9.17) is 0 Å². The summed E-state index contributed by atoms with van der Waals surface area (Å²) in [6, 6.07) is 0. The first-order valence-electron chi connectivity index (χ1n) is 1.40. The third-order valence-electron chi connectivity index (χ3n) is 0.381. The van der Waals surface area contributed by atoms with Gasteiger partial charge in [0.25, 0.3) is 0 Å². The molecule has 0 saturated heterocycles. The van der Waals surface area contributed by atoms with E-state index in [1.807, 2.05) is 0 Å². The van der Waals surface area contributed by atoms with Crippen LogP contribution in [0.3, 0.4) is 0 Å². The third-order valence-corrected chi connectivity index (χ3v) is 0.381. The van der Waals surface area contributed by atoms with Crippen molar-refractivity contribution in [2.45, 2.75) is 0 Å². The number of nitrogens with zero attached hydrogens (tertiary/aromatic N) is 1. The van der Waals surface area contributed by atoms with Gasteiger partial charge in [-0.25, -0.2) is 11.0 Å². The topological polar surface area (TPSA) is 36.4 Å². The normalized spacial score (nSPS) is 19.2. The zero-order valence-corrected chi connectivity index (χ0v) is 2.65. The van der Waals surface area contributed by atoms with Crippen LogP contribution in [0.25, 0.3) is 0 Å². The van der Waals surface area contributed by atoms with Crippen molar-refractivity contribution in [1.29, 1.82) is 0 Å². The van der Waals surface area contributed by atoms with Crippen LogP contribution in [0.5, 0.6) is 0 Å². The molecular weight excluding hydrogens is 66.0 g/mol. The van der Waals surface area contributed by atoms with E-state index in [2.05, 4.69) is 22.3 Å². The first kappa shape index (κ1) is 2.66. The van der Waals surface area contributed by atoms with E-state index in [1.165, 1.54) is 0 Å². The lowest BCUT2D eigenvalue weighted by Gasteiger charge is -1.81. The summed E-state index contributed by atoms with van der Waals surface area (Å²) >= 11 is 0. The molecule has 1 radical (unpaired) electrons. The van der Waals surface area contributed by atoms with Gasteiger partial charge in [-0.1, -0.05) is 0 Å². The molecule has 0 atom stereocenters. The molecule has 0 aliphatic carbocycles. The highest BCUT2D eigenvalue weighted by Gasteiger charge is 1.81. The highest BCUT2D eigenvalue weighted by molar-refractivity contribution is 5.60. The van der Waals surface area contributed by atoms with Gasteiger partial charge in [-0.05, 0) is 0 Å². The molecule has 0 fully saturated rings. The summed E-state index contributed by atoms with van der Waals surface area (Å²) in [5.41, 5.74) is 5.18. The minimum Gasteiger partial charge on any atom is -0.242 e. The van der Waals surface area contributed by atoms with Crippen LogP contribution in [-0.4, -0.2) is 12.8 Å². The lowest BCUT2D eigenvalue weighted by Crippen LogP contribution is -2.19. The van der Waals surface area contributed by atoms with Crippen LogP contribution in [0.2, 0.25) is 0 Å². The van der Waals surface area contributed by atoms with Crippen LogP contribution >= 0.6 is 0 Å². The molecule has 0 aromatic heterocycles. The van der Waals surface area contributed by atoms with Crippen molar-refractivity contribution in [3.05, 3.63) is 0 Å². The average molecular weight is 70.1 g/mol.